The van der Waals surface area contributed by atoms with Gasteiger partial charge >= 0.3 is 5.97 Å². The number of carboxylic acid groups (broad SMARTS) is 1. The van der Waals surface area contributed by atoms with E-state index in [0.717, 1.165) is 38.4 Å². The molecule has 0 unspecified atom stereocenters. The zero-order chi connectivity index (χ0) is 24.2. The monoisotopic (exact) mass is 474 g/mol. The molecule has 3 aromatic rings. The highest BCUT2D eigenvalue weighted by Gasteiger charge is 2.28. The van der Waals surface area contributed by atoms with Gasteiger partial charge in [0.15, 0.2) is 0 Å². The number of carbonyl (C=O) groups is 2. The van der Waals surface area contributed by atoms with Crippen molar-refractivity contribution in [1.29, 1.82) is 0 Å². The van der Waals surface area contributed by atoms with E-state index < -0.39 is 5.97 Å². The van der Waals surface area contributed by atoms with Crippen LogP contribution in [0.5, 0.6) is 0 Å². The minimum Gasteiger partial charge on any atom is -0.478 e. The number of nitrogens with zero attached hydrogens (tertiary/aromatic N) is 4. The zero-order valence-corrected chi connectivity index (χ0v) is 19.7. The van der Waals surface area contributed by atoms with Gasteiger partial charge in [-0.1, -0.05) is 48.5 Å². The summed E-state index contributed by atoms with van der Waals surface area (Å²) in [7, 11) is 0. The molecule has 35 heavy (non-hydrogen) atoms. The molecule has 2 aliphatic heterocycles. The summed E-state index contributed by atoms with van der Waals surface area (Å²) in [5.41, 5.74) is 3.08. The van der Waals surface area contributed by atoms with Crippen LogP contribution in [-0.2, 0) is 16.1 Å². The quantitative estimate of drug-likeness (QED) is 0.563. The van der Waals surface area contributed by atoms with E-state index in [1.54, 1.807) is 6.07 Å². The molecule has 2 aromatic carbocycles. The highest BCUT2D eigenvalue weighted by atomic mass is 16.5. The van der Waals surface area contributed by atoms with Crippen LogP contribution in [0.1, 0.15) is 15.9 Å². The van der Waals surface area contributed by atoms with Crippen molar-refractivity contribution in [3.63, 3.8) is 0 Å². The van der Waals surface area contributed by atoms with Gasteiger partial charge in [0.1, 0.15) is 0 Å². The number of benzene rings is 2. The van der Waals surface area contributed by atoms with E-state index in [4.69, 9.17) is 9.72 Å². The van der Waals surface area contributed by atoms with Crippen molar-refractivity contribution in [2.45, 2.75) is 6.54 Å². The summed E-state index contributed by atoms with van der Waals surface area (Å²) in [5.74, 6) is -0.900. The number of rotatable bonds is 7. The molecule has 182 valence electrons. The molecule has 0 spiro atoms. The normalized spacial score (nSPS) is 17.7. The van der Waals surface area contributed by atoms with Crippen molar-refractivity contribution in [1.82, 2.24) is 19.7 Å². The van der Waals surface area contributed by atoms with E-state index >= 15 is 0 Å². The van der Waals surface area contributed by atoms with Crippen LogP contribution in [0.4, 0.5) is 0 Å². The number of carboxylic acids is 1. The third kappa shape index (κ3) is 5.19. The van der Waals surface area contributed by atoms with Gasteiger partial charge in [-0.3, -0.25) is 14.6 Å². The molecule has 3 heterocycles. The summed E-state index contributed by atoms with van der Waals surface area (Å²) in [6, 6.07) is 17.0. The number of carbonyl (C=O) groups excluding carboxylic acids is 1. The fourth-order valence-electron chi connectivity index (χ4n) is 4.92. The number of fused-ring (bicyclic) bond motifs is 1. The first-order valence-corrected chi connectivity index (χ1v) is 12.1. The number of morpholine rings is 1. The average molecular weight is 475 g/mol. The minimum atomic E-state index is -0.980. The SMILES string of the molecule is O=C(O)c1c(CN2CCN(CCN3CCOCC3)C(=O)C2)c(-c2ccccc2)nc2ccccc12. The van der Waals surface area contributed by atoms with Crippen LogP contribution < -0.4 is 0 Å². The highest BCUT2D eigenvalue weighted by Crippen LogP contribution is 2.31. The smallest absolute Gasteiger partial charge is 0.336 e. The summed E-state index contributed by atoms with van der Waals surface area (Å²) in [4.78, 5) is 36.6. The number of pyridine rings is 1. The van der Waals surface area contributed by atoms with Crippen molar-refractivity contribution in [2.24, 2.45) is 0 Å². The Balaban J connectivity index is 1.39. The third-order valence-corrected chi connectivity index (χ3v) is 6.82. The third-order valence-electron chi connectivity index (χ3n) is 6.82. The number of piperazine rings is 1. The van der Waals surface area contributed by atoms with Gasteiger partial charge in [0, 0.05) is 62.3 Å². The Hall–Kier alpha value is -3.33. The van der Waals surface area contributed by atoms with Gasteiger partial charge in [-0.05, 0) is 6.07 Å². The van der Waals surface area contributed by atoms with E-state index in [1.807, 2.05) is 58.3 Å². The second-order valence-corrected chi connectivity index (χ2v) is 9.05. The molecule has 1 aromatic heterocycles. The Morgan fingerprint density at radius 1 is 0.914 bits per heavy atom. The predicted octanol–water partition coefficient (Wildman–Crippen LogP) is 2.58. The van der Waals surface area contributed by atoms with Gasteiger partial charge in [-0.25, -0.2) is 9.78 Å². The molecule has 2 saturated heterocycles. The summed E-state index contributed by atoms with van der Waals surface area (Å²) >= 11 is 0. The lowest BCUT2D eigenvalue weighted by Gasteiger charge is -2.36. The Morgan fingerprint density at radius 2 is 1.66 bits per heavy atom. The van der Waals surface area contributed by atoms with E-state index in [2.05, 4.69) is 4.90 Å². The first-order valence-electron chi connectivity index (χ1n) is 12.1. The van der Waals surface area contributed by atoms with Crippen LogP contribution >= 0.6 is 0 Å². The zero-order valence-electron chi connectivity index (χ0n) is 19.7. The van der Waals surface area contributed by atoms with Crippen molar-refractivity contribution >= 4 is 22.8 Å². The number of hydrogen-bond donors (Lipinski definition) is 1. The van der Waals surface area contributed by atoms with Crippen LogP contribution in [0, 0.1) is 0 Å². The van der Waals surface area contributed by atoms with E-state index in [0.29, 0.717) is 48.3 Å². The molecule has 0 radical (unpaired) electrons. The maximum atomic E-state index is 13.0. The molecule has 0 aliphatic carbocycles. The number of aromatic nitrogens is 1. The van der Waals surface area contributed by atoms with E-state index in [1.165, 1.54) is 0 Å². The molecule has 2 aliphatic rings. The maximum Gasteiger partial charge on any atom is 0.336 e. The number of ether oxygens (including phenoxy) is 1. The van der Waals surface area contributed by atoms with Crippen molar-refractivity contribution in [3.05, 3.63) is 65.7 Å². The summed E-state index contributed by atoms with van der Waals surface area (Å²) < 4.78 is 5.40. The fraction of sp³-hybridized carbons (Fsp3) is 0.370. The molecule has 1 amide bonds. The van der Waals surface area contributed by atoms with Gasteiger partial charge in [0.05, 0.1) is 36.5 Å². The topological polar surface area (TPSA) is 86.2 Å². The van der Waals surface area contributed by atoms with Crippen molar-refractivity contribution in [2.75, 3.05) is 59.0 Å². The lowest BCUT2D eigenvalue weighted by Crippen LogP contribution is -2.52. The Morgan fingerprint density at radius 3 is 2.40 bits per heavy atom. The number of hydrogen-bond acceptors (Lipinski definition) is 6. The number of amides is 1. The second kappa shape index (κ2) is 10.5. The second-order valence-electron chi connectivity index (χ2n) is 9.05. The fourth-order valence-corrected chi connectivity index (χ4v) is 4.92. The summed E-state index contributed by atoms with van der Waals surface area (Å²) in [5, 5.41) is 10.8. The van der Waals surface area contributed by atoms with Gasteiger partial charge in [0.2, 0.25) is 5.91 Å². The lowest BCUT2D eigenvalue weighted by molar-refractivity contribution is -0.136. The number of para-hydroxylation sites is 1. The van der Waals surface area contributed by atoms with Crippen molar-refractivity contribution in [3.8, 4) is 11.3 Å². The molecule has 2 fully saturated rings. The molecule has 0 saturated carbocycles. The maximum absolute atomic E-state index is 13.0. The van der Waals surface area contributed by atoms with Crippen LogP contribution in [0.25, 0.3) is 22.2 Å². The van der Waals surface area contributed by atoms with Crippen LogP contribution in [0.3, 0.4) is 0 Å². The summed E-state index contributed by atoms with van der Waals surface area (Å²) in [6.45, 7) is 6.81. The molecule has 8 heteroatoms. The van der Waals surface area contributed by atoms with Crippen molar-refractivity contribution < 1.29 is 19.4 Å². The molecule has 0 bridgehead atoms. The molecular formula is C27H30N4O4. The molecule has 1 N–H and O–H groups in total. The minimum absolute atomic E-state index is 0.0800. The Kier molecular flexibility index (Phi) is 7.03. The Bertz CT molecular complexity index is 1210. The standard InChI is InChI=1S/C27H30N4O4/c32-24-19-30(11-13-31(24)12-10-29-14-16-35-17-15-29)18-22-25(27(33)34)21-8-4-5-9-23(21)28-26(22)20-6-2-1-3-7-20/h1-9H,10-19H2,(H,33,34). The Labute approximate surface area is 204 Å². The molecular weight excluding hydrogens is 444 g/mol. The van der Waals surface area contributed by atoms with Gasteiger partial charge < -0.3 is 14.7 Å². The lowest BCUT2D eigenvalue weighted by atomic mass is 9.96. The van der Waals surface area contributed by atoms with Crippen LogP contribution in [0.15, 0.2) is 54.6 Å². The molecule has 8 nitrogen and oxygen atoms in total. The van der Waals surface area contributed by atoms with E-state index in [-0.39, 0.29) is 18.0 Å². The molecule has 0 atom stereocenters. The number of aromatic carboxylic acids is 1. The van der Waals surface area contributed by atoms with Gasteiger partial charge in [0.25, 0.3) is 0 Å². The van der Waals surface area contributed by atoms with Crippen LogP contribution in [0.2, 0.25) is 0 Å². The largest absolute Gasteiger partial charge is 0.478 e. The van der Waals surface area contributed by atoms with Gasteiger partial charge in [-0.15, -0.1) is 0 Å². The average Bonchev–Trinajstić information content (AvgIpc) is 2.88. The predicted molar refractivity (Wildman–Crippen MR) is 133 cm³/mol. The first-order chi connectivity index (χ1) is 17.1. The molecule has 5 rings (SSSR count). The van der Waals surface area contributed by atoms with Crippen LogP contribution in [-0.4, -0.2) is 95.7 Å². The van der Waals surface area contributed by atoms with E-state index in [9.17, 15) is 14.7 Å². The van der Waals surface area contributed by atoms with Gasteiger partial charge in [-0.2, -0.15) is 0 Å². The highest BCUT2D eigenvalue weighted by molar-refractivity contribution is 6.05. The summed E-state index contributed by atoms with van der Waals surface area (Å²) in [6.07, 6.45) is 0. The first kappa shape index (κ1) is 23.4.